The quantitative estimate of drug-likeness (QED) is 0.897. The molecule has 1 aromatic rings. The summed E-state index contributed by atoms with van der Waals surface area (Å²) in [6.45, 7) is 7.19. The number of nitrogens with one attached hydrogen (secondary N) is 2. The van der Waals surface area contributed by atoms with E-state index < -0.39 is 6.03 Å². The summed E-state index contributed by atoms with van der Waals surface area (Å²) in [6, 6.07) is 1.69. The van der Waals surface area contributed by atoms with Crippen LogP contribution in [0.1, 0.15) is 43.7 Å². The zero-order valence-corrected chi connectivity index (χ0v) is 13.6. The lowest BCUT2D eigenvalue weighted by atomic mass is 9.96. The van der Waals surface area contributed by atoms with Gasteiger partial charge >= 0.3 is 6.03 Å². The van der Waals surface area contributed by atoms with E-state index >= 15 is 0 Å². The van der Waals surface area contributed by atoms with Crippen LogP contribution < -0.4 is 10.6 Å². The van der Waals surface area contributed by atoms with Crippen LogP contribution in [-0.2, 0) is 11.2 Å². The zero-order chi connectivity index (χ0) is 15.4. The second kappa shape index (κ2) is 7.04. The number of urea groups is 1. The molecule has 6 heteroatoms. The van der Waals surface area contributed by atoms with Gasteiger partial charge in [0.15, 0.2) is 0 Å². The van der Waals surface area contributed by atoms with Gasteiger partial charge in [-0.1, -0.05) is 6.92 Å². The number of thiophene rings is 1. The first-order valence-corrected chi connectivity index (χ1v) is 8.37. The highest BCUT2D eigenvalue weighted by atomic mass is 32.1. The number of hydrogen-bond donors (Lipinski definition) is 2. The number of imide groups is 1. The van der Waals surface area contributed by atoms with Crippen molar-refractivity contribution in [1.29, 1.82) is 0 Å². The van der Waals surface area contributed by atoms with Gasteiger partial charge in [-0.25, -0.2) is 4.79 Å². The largest absolute Gasteiger partial charge is 0.338 e. The van der Waals surface area contributed by atoms with E-state index in [-0.39, 0.29) is 18.0 Å². The van der Waals surface area contributed by atoms with Crippen molar-refractivity contribution in [3.05, 3.63) is 21.9 Å². The zero-order valence-electron chi connectivity index (χ0n) is 12.8. The fraction of sp³-hybridized carbons (Fsp3) is 0.600. The summed E-state index contributed by atoms with van der Waals surface area (Å²) < 4.78 is 0. The van der Waals surface area contributed by atoms with E-state index in [0.29, 0.717) is 6.54 Å². The third kappa shape index (κ3) is 3.44. The summed E-state index contributed by atoms with van der Waals surface area (Å²) in [5, 5.41) is 7.12. The van der Waals surface area contributed by atoms with Crippen LogP contribution >= 0.6 is 11.3 Å². The molecule has 3 amide bonds. The van der Waals surface area contributed by atoms with E-state index in [2.05, 4.69) is 33.9 Å². The predicted octanol–water partition coefficient (Wildman–Crippen LogP) is 2.29. The molecule has 1 aromatic heterocycles. The molecule has 0 aromatic carbocycles. The summed E-state index contributed by atoms with van der Waals surface area (Å²) in [4.78, 5) is 27.3. The molecule has 5 nitrogen and oxygen atoms in total. The standard InChI is InChI=1S/C15H23N3O2S/c1-4-12-11-7-9-21-13(11)6-8-18(12)10(3)14(19)17-15(20)16-5-2/h7,9-10,12H,4-6,8H2,1-3H3,(H2,16,17,19,20). The molecule has 2 atom stereocenters. The Hall–Kier alpha value is -1.40. The van der Waals surface area contributed by atoms with Crippen molar-refractivity contribution >= 4 is 23.3 Å². The summed E-state index contributed by atoms with van der Waals surface area (Å²) in [5.74, 6) is -0.238. The summed E-state index contributed by atoms with van der Waals surface area (Å²) >= 11 is 1.79. The molecular formula is C15H23N3O2S. The molecule has 0 saturated carbocycles. The van der Waals surface area contributed by atoms with Crippen molar-refractivity contribution in [2.45, 2.75) is 45.7 Å². The number of nitrogens with zero attached hydrogens (tertiary/aromatic N) is 1. The van der Waals surface area contributed by atoms with Crippen molar-refractivity contribution in [3.63, 3.8) is 0 Å². The maximum absolute atomic E-state index is 12.2. The Morgan fingerprint density at radius 2 is 2.24 bits per heavy atom. The van der Waals surface area contributed by atoms with Gasteiger partial charge in [-0.2, -0.15) is 0 Å². The van der Waals surface area contributed by atoms with Gasteiger partial charge in [0.25, 0.3) is 0 Å². The van der Waals surface area contributed by atoms with Gasteiger partial charge in [0.2, 0.25) is 5.91 Å². The lowest BCUT2D eigenvalue weighted by Crippen LogP contribution is -2.51. The number of amides is 3. The highest BCUT2D eigenvalue weighted by Gasteiger charge is 2.33. The van der Waals surface area contributed by atoms with Crippen molar-refractivity contribution in [2.75, 3.05) is 13.1 Å². The van der Waals surface area contributed by atoms with Crippen LogP contribution in [0, 0.1) is 0 Å². The molecule has 0 spiro atoms. The summed E-state index contributed by atoms with van der Waals surface area (Å²) in [7, 11) is 0. The molecule has 1 aliphatic rings. The molecule has 0 radical (unpaired) electrons. The molecule has 2 rings (SSSR count). The molecule has 21 heavy (non-hydrogen) atoms. The minimum absolute atomic E-state index is 0.238. The van der Waals surface area contributed by atoms with Crippen LogP contribution in [0.2, 0.25) is 0 Å². The number of rotatable bonds is 4. The fourth-order valence-corrected chi connectivity index (χ4v) is 3.83. The van der Waals surface area contributed by atoms with Gasteiger partial charge in [0, 0.05) is 24.0 Å². The smallest absolute Gasteiger partial charge is 0.321 e. The molecule has 116 valence electrons. The van der Waals surface area contributed by atoms with Crippen LogP contribution in [-0.4, -0.2) is 36.0 Å². The molecule has 0 saturated heterocycles. The van der Waals surface area contributed by atoms with Crippen molar-refractivity contribution in [3.8, 4) is 0 Å². The SMILES string of the molecule is CCNC(=O)NC(=O)C(C)N1CCc2sccc2C1CC. The average molecular weight is 309 g/mol. The lowest BCUT2D eigenvalue weighted by molar-refractivity contribution is -0.125. The number of hydrogen-bond acceptors (Lipinski definition) is 4. The molecular weight excluding hydrogens is 286 g/mol. The molecule has 1 aliphatic heterocycles. The molecule has 2 N–H and O–H groups in total. The Labute approximate surface area is 129 Å². The Morgan fingerprint density at radius 3 is 2.90 bits per heavy atom. The van der Waals surface area contributed by atoms with E-state index in [1.54, 1.807) is 11.3 Å². The summed E-state index contributed by atoms with van der Waals surface area (Å²) in [5.41, 5.74) is 1.34. The first-order valence-electron chi connectivity index (χ1n) is 7.49. The Balaban J connectivity index is 2.07. The third-order valence-electron chi connectivity index (χ3n) is 3.97. The molecule has 2 heterocycles. The average Bonchev–Trinajstić information content (AvgIpc) is 2.93. The minimum atomic E-state index is -0.421. The van der Waals surface area contributed by atoms with Gasteiger partial charge in [-0.15, -0.1) is 11.3 Å². The predicted molar refractivity (Wildman–Crippen MR) is 84.4 cm³/mol. The lowest BCUT2D eigenvalue weighted by Gasteiger charge is -2.38. The Bertz CT molecular complexity index is 515. The van der Waals surface area contributed by atoms with E-state index in [9.17, 15) is 9.59 Å². The van der Waals surface area contributed by atoms with Gasteiger partial charge in [-0.05, 0) is 43.7 Å². The topological polar surface area (TPSA) is 61.4 Å². The highest BCUT2D eigenvalue weighted by molar-refractivity contribution is 7.10. The van der Waals surface area contributed by atoms with E-state index in [1.807, 2.05) is 13.8 Å². The van der Waals surface area contributed by atoms with Crippen LogP contribution in [0.3, 0.4) is 0 Å². The van der Waals surface area contributed by atoms with Crippen LogP contribution in [0.15, 0.2) is 11.4 Å². The van der Waals surface area contributed by atoms with E-state index in [0.717, 1.165) is 19.4 Å². The molecule has 0 fully saturated rings. The van der Waals surface area contributed by atoms with Crippen LogP contribution in [0.25, 0.3) is 0 Å². The minimum Gasteiger partial charge on any atom is -0.338 e. The van der Waals surface area contributed by atoms with Gasteiger partial charge in [0.05, 0.1) is 6.04 Å². The first kappa shape index (κ1) is 16.0. The van der Waals surface area contributed by atoms with Crippen molar-refractivity contribution in [1.82, 2.24) is 15.5 Å². The molecule has 0 aliphatic carbocycles. The number of carbonyl (C=O) groups is 2. The molecule has 0 bridgehead atoms. The first-order chi connectivity index (χ1) is 10.1. The number of carbonyl (C=O) groups excluding carboxylic acids is 2. The van der Waals surface area contributed by atoms with Crippen molar-refractivity contribution < 1.29 is 9.59 Å². The van der Waals surface area contributed by atoms with Crippen LogP contribution in [0.4, 0.5) is 4.79 Å². The number of fused-ring (bicyclic) bond motifs is 1. The summed E-state index contributed by atoms with van der Waals surface area (Å²) in [6.07, 6.45) is 1.94. The van der Waals surface area contributed by atoms with Gasteiger partial charge in [-0.3, -0.25) is 15.0 Å². The highest BCUT2D eigenvalue weighted by Crippen LogP contribution is 2.36. The Morgan fingerprint density at radius 1 is 1.48 bits per heavy atom. The van der Waals surface area contributed by atoms with E-state index in [4.69, 9.17) is 0 Å². The fourth-order valence-electron chi connectivity index (χ4n) is 2.91. The van der Waals surface area contributed by atoms with Gasteiger partial charge < -0.3 is 5.32 Å². The van der Waals surface area contributed by atoms with Gasteiger partial charge in [0.1, 0.15) is 0 Å². The monoisotopic (exact) mass is 309 g/mol. The van der Waals surface area contributed by atoms with Crippen molar-refractivity contribution in [2.24, 2.45) is 0 Å². The molecule has 2 unspecified atom stereocenters. The van der Waals surface area contributed by atoms with Crippen LogP contribution in [0.5, 0.6) is 0 Å². The second-order valence-electron chi connectivity index (χ2n) is 5.24. The maximum atomic E-state index is 12.2. The third-order valence-corrected chi connectivity index (χ3v) is 4.97. The Kier molecular flexibility index (Phi) is 5.36. The van der Waals surface area contributed by atoms with E-state index in [1.165, 1.54) is 10.4 Å². The second-order valence-corrected chi connectivity index (χ2v) is 6.24. The maximum Gasteiger partial charge on any atom is 0.321 e. The normalized spacial score (nSPS) is 19.7.